The van der Waals surface area contributed by atoms with Crippen LogP contribution in [0.15, 0.2) is 30.5 Å². The maximum atomic E-state index is 11.9. The van der Waals surface area contributed by atoms with Crippen molar-refractivity contribution in [3.05, 3.63) is 35.5 Å². The van der Waals surface area contributed by atoms with E-state index < -0.39 is 5.54 Å². The fourth-order valence-electron chi connectivity index (χ4n) is 1.91. The summed E-state index contributed by atoms with van der Waals surface area (Å²) in [6.45, 7) is 3.65. The van der Waals surface area contributed by atoms with Crippen molar-refractivity contribution in [2.24, 2.45) is 0 Å². The van der Waals surface area contributed by atoms with E-state index in [1.165, 1.54) is 0 Å². The quantitative estimate of drug-likeness (QED) is 0.902. The minimum absolute atomic E-state index is 0.100. The van der Waals surface area contributed by atoms with Crippen molar-refractivity contribution in [1.29, 1.82) is 0 Å². The van der Waals surface area contributed by atoms with E-state index in [9.17, 15) is 4.79 Å². The molecule has 0 radical (unpaired) electrons. The number of hydrogen-bond donors (Lipinski definition) is 2. The molecule has 1 heterocycles. The van der Waals surface area contributed by atoms with Crippen LogP contribution in [0, 0.1) is 0 Å². The van der Waals surface area contributed by atoms with E-state index in [0.717, 1.165) is 10.9 Å². The Morgan fingerprint density at radius 3 is 2.84 bits per heavy atom. The van der Waals surface area contributed by atoms with Crippen LogP contribution in [0.2, 0.25) is 5.02 Å². The number of aromatic nitrogens is 1. The molecule has 0 spiro atoms. The van der Waals surface area contributed by atoms with Gasteiger partial charge in [0.05, 0.1) is 12.1 Å². The lowest BCUT2D eigenvalue weighted by atomic mass is 10.1. The average molecular weight is 281 g/mol. The first-order valence-electron chi connectivity index (χ1n) is 6.07. The summed E-state index contributed by atoms with van der Waals surface area (Å²) in [6, 6.07) is 7.52. The zero-order chi connectivity index (χ0) is 14.0. The largest absolute Gasteiger partial charge is 0.394 e. The number of carbonyl (C=O) groups excluding carboxylic acids is 1. The van der Waals surface area contributed by atoms with Gasteiger partial charge in [-0.05, 0) is 37.4 Å². The van der Waals surface area contributed by atoms with Crippen LogP contribution in [0.1, 0.15) is 13.8 Å². The zero-order valence-corrected chi connectivity index (χ0v) is 11.7. The van der Waals surface area contributed by atoms with Gasteiger partial charge in [0, 0.05) is 16.7 Å². The molecule has 4 nitrogen and oxygen atoms in total. The first-order chi connectivity index (χ1) is 8.91. The van der Waals surface area contributed by atoms with Crippen molar-refractivity contribution in [3.8, 4) is 0 Å². The molecule has 0 saturated carbocycles. The number of halogens is 1. The summed E-state index contributed by atoms with van der Waals surface area (Å²) >= 11 is 5.97. The summed E-state index contributed by atoms with van der Waals surface area (Å²) in [5, 5.41) is 13.6. The smallest absolute Gasteiger partial charge is 0.240 e. The van der Waals surface area contributed by atoms with E-state index in [1.54, 1.807) is 13.8 Å². The van der Waals surface area contributed by atoms with Crippen LogP contribution in [-0.4, -0.2) is 27.7 Å². The number of carbonyl (C=O) groups is 1. The number of amides is 1. The number of rotatable bonds is 4. The molecule has 1 aromatic carbocycles. The van der Waals surface area contributed by atoms with Gasteiger partial charge in [-0.3, -0.25) is 4.79 Å². The van der Waals surface area contributed by atoms with Gasteiger partial charge >= 0.3 is 0 Å². The number of aliphatic hydroxyl groups excluding tert-OH is 1. The molecule has 2 aromatic rings. The van der Waals surface area contributed by atoms with Gasteiger partial charge in [0.25, 0.3) is 0 Å². The molecule has 0 aliphatic heterocycles. The van der Waals surface area contributed by atoms with Gasteiger partial charge < -0.3 is 15.0 Å². The third kappa shape index (κ3) is 3.28. The SMILES string of the molecule is CC(C)(CO)NC(=O)Cn1ccc2ccc(Cl)cc21. The van der Waals surface area contributed by atoms with Crippen LogP contribution in [0.3, 0.4) is 0 Å². The second kappa shape index (κ2) is 5.23. The van der Waals surface area contributed by atoms with Crippen molar-refractivity contribution in [2.45, 2.75) is 25.9 Å². The third-order valence-electron chi connectivity index (χ3n) is 2.92. The molecule has 0 aliphatic rings. The van der Waals surface area contributed by atoms with E-state index in [2.05, 4.69) is 5.32 Å². The van der Waals surface area contributed by atoms with Crippen molar-refractivity contribution in [3.63, 3.8) is 0 Å². The summed E-state index contributed by atoms with van der Waals surface area (Å²) in [5.74, 6) is -0.142. The Kier molecular flexibility index (Phi) is 3.83. The highest BCUT2D eigenvalue weighted by atomic mass is 35.5. The number of hydrogen-bond acceptors (Lipinski definition) is 2. The van der Waals surface area contributed by atoms with Gasteiger partial charge in [0.2, 0.25) is 5.91 Å². The normalized spacial score (nSPS) is 11.8. The topological polar surface area (TPSA) is 54.3 Å². The highest BCUT2D eigenvalue weighted by Gasteiger charge is 2.19. The molecule has 1 aromatic heterocycles. The molecule has 0 aliphatic carbocycles. The van der Waals surface area contributed by atoms with Crippen LogP contribution in [0.5, 0.6) is 0 Å². The Morgan fingerprint density at radius 1 is 1.42 bits per heavy atom. The molecule has 2 N–H and O–H groups in total. The standard InChI is InChI=1S/C14H17ClN2O2/c1-14(2,9-18)16-13(19)8-17-6-5-10-3-4-11(15)7-12(10)17/h3-7,18H,8-9H2,1-2H3,(H,16,19). The Bertz CT molecular complexity index is 605. The van der Waals surface area contributed by atoms with Gasteiger partial charge in [-0.2, -0.15) is 0 Å². The van der Waals surface area contributed by atoms with Crippen molar-refractivity contribution >= 4 is 28.4 Å². The molecule has 0 bridgehead atoms. The highest BCUT2D eigenvalue weighted by Crippen LogP contribution is 2.20. The molecule has 0 atom stereocenters. The van der Waals surface area contributed by atoms with Crippen LogP contribution in [0.4, 0.5) is 0 Å². The van der Waals surface area contributed by atoms with Gasteiger partial charge in [0.15, 0.2) is 0 Å². The monoisotopic (exact) mass is 280 g/mol. The molecule has 19 heavy (non-hydrogen) atoms. The number of fused-ring (bicyclic) bond motifs is 1. The fourth-order valence-corrected chi connectivity index (χ4v) is 2.07. The summed E-state index contributed by atoms with van der Waals surface area (Å²) in [6.07, 6.45) is 1.85. The molecular formula is C14H17ClN2O2. The summed E-state index contributed by atoms with van der Waals surface area (Å²) in [5.41, 5.74) is 0.307. The van der Waals surface area contributed by atoms with Crippen LogP contribution < -0.4 is 5.32 Å². The second-order valence-electron chi connectivity index (χ2n) is 5.24. The Labute approximate surface area is 117 Å². The summed E-state index contributed by atoms with van der Waals surface area (Å²) in [7, 11) is 0. The van der Waals surface area contributed by atoms with Gasteiger partial charge in [-0.25, -0.2) is 0 Å². The average Bonchev–Trinajstić information content (AvgIpc) is 2.71. The number of nitrogens with one attached hydrogen (secondary N) is 1. The van der Waals surface area contributed by atoms with Crippen LogP contribution in [-0.2, 0) is 11.3 Å². The molecule has 0 saturated heterocycles. The fraction of sp³-hybridized carbons (Fsp3) is 0.357. The van der Waals surface area contributed by atoms with Crippen molar-refractivity contribution in [2.75, 3.05) is 6.61 Å². The second-order valence-corrected chi connectivity index (χ2v) is 5.67. The van der Waals surface area contributed by atoms with E-state index in [0.29, 0.717) is 5.02 Å². The van der Waals surface area contributed by atoms with Gasteiger partial charge in [-0.15, -0.1) is 0 Å². The Hall–Kier alpha value is -1.52. The van der Waals surface area contributed by atoms with Gasteiger partial charge in [0.1, 0.15) is 6.54 Å². The Morgan fingerprint density at radius 2 is 2.16 bits per heavy atom. The maximum Gasteiger partial charge on any atom is 0.240 e. The zero-order valence-electron chi connectivity index (χ0n) is 11.0. The van der Waals surface area contributed by atoms with Crippen LogP contribution >= 0.6 is 11.6 Å². The van der Waals surface area contributed by atoms with Crippen molar-refractivity contribution < 1.29 is 9.90 Å². The molecule has 5 heteroatoms. The maximum absolute atomic E-state index is 11.9. The molecule has 1 amide bonds. The molecule has 2 rings (SSSR count). The summed E-state index contributed by atoms with van der Waals surface area (Å²) < 4.78 is 1.84. The van der Waals surface area contributed by atoms with E-state index in [1.807, 2.05) is 35.0 Å². The lowest BCUT2D eigenvalue weighted by Crippen LogP contribution is -2.47. The van der Waals surface area contributed by atoms with Crippen LogP contribution in [0.25, 0.3) is 10.9 Å². The van der Waals surface area contributed by atoms with Gasteiger partial charge in [-0.1, -0.05) is 17.7 Å². The predicted molar refractivity (Wildman–Crippen MR) is 76.3 cm³/mol. The van der Waals surface area contributed by atoms with E-state index in [-0.39, 0.29) is 19.1 Å². The minimum atomic E-state index is -0.613. The first kappa shape index (κ1) is 13.9. The first-order valence-corrected chi connectivity index (χ1v) is 6.45. The molecule has 0 fully saturated rings. The lowest BCUT2D eigenvalue weighted by Gasteiger charge is -2.23. The number of aliphatic hydroxyl groups is 1. The van der Waals surface area contributed by atoms with E-state index in [4.69, 9.17) is 16.7 Å². The highest BCUT2D eigenvalue weighted by molar-refractivity contribution is 6.31. The molecule has 0 unspecified atom stereocenters. The third-order valence-corrected chi connectivity index (χ3v) is 3.16. The summed E-state index contributed by atoms with van der Waals surface area (Å²) in [4.78, 5) is 11.9. The van der Waals surface area contributed by atoms with E-state index >= 15 is 0 Å². The molecular weight excluding hydrogens is 264 g/mol. The Balaban J connectivity index is 2.17. The number of benzene rings is 1. The minimum Gasteiger partial charge on any atom is -0.394 e. The molecule has 102 valence electrons. The predicted octanol–water partition coefficient (Wildman–Crippen LogP) is 2.18. The van der Waals surface area contributed by atoms with Crippen molar-refractivity contribution in [1.82, 2.24) is 9.88 Å². The number of nitrogens with zero attached hydrogens (tertiary/aromatic N) is 1. The lowest BCUT2D eigenvalue weighted by molar-refractivity contribution is -0.123.